The molecule has 0 aliphatic carbocycles. The molecule has 7 nitrogen and oxygen atoms in total. The third-order valence-electron chi connectivity index (χ3n) is 5.51. The molecule has 0 radical (unpaired) electrons. The molecule has 0 spiro atoms. The minimum Gasteiger partial charge on any atom is -0.457 e. The fourth-order valence-electron chi connectivity index (χ4n) is 3.72. The van der Waals surface area contributed by atoms with Crippen LogP contribution in [0.5, 0.6) is 0 Å². The van der Waals surface area contributed by atoms with Gasteiger partial charge in [0.2, 0.25) is 5.91 Å². The van der Waals surface area contributed by atoms with Crippen LogP contribution < -0.4 is 16.0 Å². The van der Waals surface area contributed by atoms with Crippen molar-refractivity contribution in [3.05, 3.63) is 113 Å². The molecule has 0 saturated carbocycles. The number of carbonyl (C=O) groups excluding carboxylic acids is 2. The molecule has 2 amide bonds. The smallest absolute Gasteiger partial charge is 0.291 e. The Hall–Kier alpha value is -4.37. The van der Waals surface area contributed by atoms with Crippen LogP contribution in [0.25, 0.3) is 28.4 Å². The summed E-state index contributed by atoms with van der Waals surface area (Å²) in [5.74, 6) is 0.321. The summed E-state index contributed by atoms with van der Waals surface area (Å²) in [6.07, 6.45) is 2.80. The van der Waals surface area contributed by atoms with Crippen LogP contribution in [0.3, 0.4) is 0 Å². The topological polar surface area (TPSA) is 96.5 Å². The van der Waals surface area contributed by atoms with E-state index in [9.17, 15) is 9.59 Å². The zero-order chi connectivity index (χ0) is 27.4. The number of rotatable bonds is 6. The van der Waals surface area contributed by atoms with Crippen molar-refractivity contribution in [2.45, 2.75) is 0 Å². The van der Waals surface area contributed by atoms with Gasteiger partial charge in [-0.1, -0.05) is 53.5 Å². The van der Waals surface area contributed by atoms with E-state index in [1.807, 2.05) is 18.2 Å². The van der Waals surface area contributed by atoms with E-state index in [0.717, 1.165) is 5.39 Å². The molecule has 0 aliphatic rings. The Labute approximate surface area is 238 Å². The minimum atomic E-state index is -0.458. The number of hydrogen-bond acceptors (Lipinski definition) is 5. The number of halogens is 2. The molecule has 3 N–H and O–H groups in total. The monoisotopic (exact) mass is 575 g/mol. The van der Waals surface area contributed by atoms with Gasteiger partial charge in [0.05, 0.1) is 10.0 Å². The van der Waals surface area contributed by atoms with Crippen LogP contribution in [0, 0.1) is 0 Å². The van der Waals surface area contributed by atoms with Crippen LogP contribution in [0.15, 0.2) is 99.8 Å². The predicted molar refractivity (Wildman–Crippen MR) is 158 cm³/mol. The summed E-state index contributed by atoms with van der Waals surface area (Å²) in [5, 5.41) is 10.0. The van der Waals surface area contributed by atoms with Crippen LogP contribution in [0.2, 0.25) is 10.0 Å². The van der Waals surface area contributed by atoms with E-state index in [1.165, 1.54) is 12.2 Å². The molecule has 3 aromatic carbocycles. The van der Waals surface area contributed by atoms with E-state index in [-0.39, 0.29) is 16.8 Å². The summed E-state index contributed by atoms with van der Waals surface area (Å²) in [7, 11) is 0. The van der Waals surface area contributed by atoms with Gasteiger partial charge in [0.25, 0.3) is 5.91 Å². The van der Waals surface area contributed by atoms with Gasteiger partial charge >= 0.3 is 0 Å². The summed E-state index contributed by atoms with van der Waals surface area (Å²) < 4.78 is 11.4. The molecular weight excluding hydrogens is 557 g/mol. The van der Waals surface area contributed by atoms with E-state index >= 15 is 0 Å². The van der Waals surface area contributed by atoms with Gasteiger partial charge in [0.1, 0.15) is 17.1 Å². The number of furan rings is 2. The molecule has 0 atom stereocenters. The van der Waals surface area contributed by atoms with Crippen LogP contribution in [0.4, 0.5) is 11.4 Å². The minimum absolute atomic E-state index is 0.0799. The van der Waals surface area contributed by atoms with Gasteiger partial charge in [-0.15, -0.1) is 0 Å². The van der Waals surface area contributed by atoms with Crippen molar-refractivity contribution in [3.8, 4) is 11.3 Å². The second-order valence-electron chi connectivity index (χ2n) is 8.26. The first-order valence-electron chi connectivity index (χ1n) is 11.6. The number of benzene rings is 3. The molecule has 5 aromatic rings. The maximum atomic E-state index is 12.6. The maximum Gasteiger partial charge on any atom is 0.291 e. The molecule has 0 unspecified atom stereocenters. The third kappa shape index (κ3) is 6.38. The Bertz CT molecular complexity index is 1710. The van der Waals surface area contributed by atoms with E-state index in [1.54, 1.807) is 66.7 Å². The van der Waals surface area contributed by atoms with Crippen LogP contribution >= 0.6 is 35.4 Å². The summed E-state index contributed by atoms with van der Waals surface area (Å²) in [4.78, 5) is 25.0. The zero-order valence-electron chi connectivity index (χ0n) is 20.0. The fraction of sp³-hybridized carbons (Fsp3) is 0. The summed E-state index contributed by atoms with van der Waals surface area (Å²) in [5.41, 5.74) is 2.37. The van der Waals surface area contributed by atoms with Gasteiger partial charge in [-0.2, -0.15) is 0 Å². The van der Waals surface area contributed by atoms with Gasteiger partial charge in [0.15, 0.2) is 10.9 Å². The summed E-state index contributed by atoms with van der Waals surface area (Å²) in [6.45, 7) is 0. The molecule has 194 valence electrons. The zero-order valence-corrected chi connectivity index (χ0v) is 22.4. The number of fused-ring (bicyclic) bond motifs is 1. The van der Waals surface area contributed by atoms with Crippen molar-refractivity contribution in [2.24, 2.45) is 0 Å². The van der Waals surface area contributed by atoms with Crippen molar-refractivity contribution in [3.63, 3.8) is 0 Å². The lowest BCUT2D eigenvalue weighted by atomic mass is 10.2. The van der Waals surface area contributed by atoms with Gasteiger partial charge < -0.3 is 19.5 Å². The first-order valence-corrected chi connectivity index (χ1v) is 12.8. The summed E-state index contributed by atoms with van der Waals surface area (Å²) in [6, 6.07) is 24.6. The highest BCUT2D eigenvalue weighted by molar-refractivity contribution is 7.80. The molecule has 10 heteroatoms. The van der Waals surface area contributed by atoms with Gasteiger partial charge in [0, 0.05) is 28.4 Å². The van der Waals surface area contributed by atoms with E-state index in [2.05, 4.69) is 16.0 Å². The molecular formula is C29H19Cl2N3O4S. The average Bonchev–Trinajstić information content (AvgIpc) is 3.57. The van der Waals surface area contributed by atoms with Crippen molar-refractivity contribution in [1.29, 1.82) is 0 Å². The van der Waals surface area contributed by atoms with E-state index in [4.69, 9.17) is 44.3 Å². The van der Waals surface area contributed by atoms with Crippen LogP contribution in [0.1, 0.15) is 16.3 Å². The van der Waals surface area contributed by atoms with Gasteiger partial charge in [-0.3, -0.25) is 14.9 Å². The lowest BCUT2D eigenvalue weighted by molar-refractivity contribution is -0.115. The number of thiocarbonyl (C=S) groups is 1. The molecule has 2 heterocycles. The number of amides is 2. The highest BCUT2D eigenvalue weighted by atomic mass is 35.5. The number of anilines is 2. The molecule has 0 aliphatic heterocycles. The number of carbonyl (C=O) groups is 2. The maximum absolute atomic E-state index is 12.6. The Kier molecular flexibility index (Phi) is 7.79. The van der Waals surface area contributed by atoms with Gasteiger partial charge in [-0.05, 0) is 72.9 Å². The molecule has 2 aromatic heterocycles. The first-order chi connectivity index (χ1) is 18.9. The lowest BCUT2D eigenvalue weighted by Gasteiger charge is -2.10. The highest BCUT2D eigenvalue weighted by Crippen LogP contribution is 2.34. The molecule has 0 fully saturated rings. The predicted octanol–water partition coefficient (Wildman–Crippen LogP) is 7.78. The van der Waals surface area contributed by atoms with E-state index < -0.39 is 5.91 Å². The average molecular weight is 576 g/mol. The lowest BCUT2D eigenvalue weighted by Crippen LogP contribution is -2.32. The second-order valence-corrected chi connectivity index (χ2v) is 9.46. The van der Waals surface area contributed by atoms with Crippen LogP contribution in [-0.2, 0) is 4.79 Å². The number of para-hydroxylation sites is 1. The van der Waals surface area contributed by atoms with Crippen molar-refractivity contribution < 1.29 is 18.4 Å². The SMILES string of the molecule is O=C(/C=C/c1ccc(-c2cccc(Cl)c2Cl)o1)NC(=S)Nc1cccc(NC(=O)c2cc3ccccc3o2)c1. The molecule has 0 saturated heterocycles. The standard InChI is InChI=1S/C29H19Cl2N3O4S/c30-22-9-4-8-21(27(22)31)24-13-11-20(37-24)12-14-26(35)34-29(39)33-19-7-3-6-18(16-19)32-28(36)25-15-17-5-1-2-10-23(17)38-25/h1-16H,(H,32,36)(H2,33,34,35,39)/b14-12+. The van der Waals surface area contributed by atoms with Crippen LogP contribution in [-0.4, -0.2) is 16.9 Å². The number of hydrogen-bond donors (Lipinski definition) is 3. The van der Waals surface area contributed by atoms with Gasteiger partial charge in [-0.25, -0.2) is 0 Å². The summed E-state index contributed by atoms with van der Waals surface area (Å²) >= 11 is 17.6. The largest absolute Gasteiger partial charge is 0.457 e. The highest BCUT2D eigenvalue weighted by Gasteiger charge is 2.13. The Balaban J connectivity index is 1.16. The van der Waals surface area contributed by atoms with Crippen molar-refractivity contribution >= 4 is 80.8 Å². The second kappa shape index (κ2) is 11.6. The first kappa shape index (κ1) is 26.2. The third-order valence-corrected chi connectivity index (χ3v) is 6.53. The molecule has 39 heavy (non-hydrogen) atoms. The molecule has 0 bridgehead atoms. The molecule has 5 rings (SSSR count). The Morgan fingerprint density at radius 2 is 1.59 bits per heavy atom. The fourth-order valence-corrected chi connectivity index (χ4v) is 4.33. The normalized spacial score (nSPS) is 11.0. The van der Waals surface area contributed by atoms with E-state index in [0.29, 0.717) is 44.1 Å². The number of nitrogens with one attached hydrogen (secondary N) is 3. The van der Waals surface area contributed by atoms with Crippen molar-refractivity contribution in [2.75, 3.05) is 10.6 Å². The quantitative estimate of drug-likeness (QED) is 0.141. The Morgan fingerprint density at radius 3 is 2.41 bits per heavy atom. The van der Waals surface area contributed by atoms with Crippen molar-refractivity contribution in [1.82, 2.24) is 5.32 Å². The Morgan fingerprint density at radius 1 is 0.821 bits per heavy atom.